The van der Waals surface area contributed by atoms with E-state index in [0.29, 0.717) is 0 Å². The van der Waals surface area contributed by atoms with Gasteiger partial charge in [0.05, 0.1) is 25.5 Å². The second kappa shape index (κ2) is 5.42. The summed E-state index contributed by atoms with van der Waals surface area (Å²) in [5, 5.41) is 0. The third-order valence-corrected chi connectivity index (χ3v) is 2.03. The third kappa shape index (κ3) is 2.61. The number of esters is 1. The lowest BCUT2D eigenvalue weighted by atomic mass is 10.1. The van der Waals surface area contributed by atoms with E-state index in [9.17, 15) is 13.6 Å². The van der Waals surface area contributed by atoms with Gasteiger partial charge in [-0.15, -0.1) is 0 Å². The molecule has 1 heterocycles. The molecule has 0 saturated heterocycles. The van der Waals surface area contributed by atoms with Gasteiger partial charge in [0.2, 0.25) is 0 Å². The van der Waals surface area contributed by atoms with Crippen LogP contribution in [0.5, 0.6) is 5.75 Å². The first-order chi connectivity index (χ1) is 8.02. The van der Waals surface area contributed by atoms with Gasteiger partial charge in [-0.05, 0) is 6.92 Å². The molecule has 0 aliphatic carbocycles. The Morgan fingerprint density at radius 3 is 2.71 bits per heavy atom. The minimum absolute atomic E-state index is 0.0537. The topological polar surface area (TPSA) is 74.4 Å². The summed E-state index contributed by atoms with van der Waals surface area (Å²) in [6.45, 7) is 1.61. The lowest BCUT2D eigenvalue weighted by Gasteiger charge is -2.13. The van der Waals surface area contributed by atoms with Crippen molar-refractivity contribution in [3.8, 4) is 5.75 Å². The van der Waals surface area contributed by atoms with Crippen molar-refractivity contribution < 1.29 is 23.0 Å². The number of halogens is 2. The molecule has 17 heavy (non-hydrogen) atoms. The maximum atomic E-state index is 12.9. The number of anilines is 1. The van der Waals surface area contributed by atoms with Crippen LogP contribution in [-0.2, 0) is 4.74 Å². The van der Waals surface area contributed by atoms with Crippen molar-refractivity contribution in [1.29, 1.82) is 0 Å². The number of carbonyl (C=O) groups excluding carboxylic acids is 1. The number of nitrogens with two attached hydrogens (primary N) is 1. The van der Waals surface area contributed by atoms with Gasteiger partial charge >= 0.3 is 5.97 Å². The van der Waals surface area contributed by atoms with Crippen LogP contribution in [-0.4, -0.2) is 24.7 Å². The summed E-state index contributed by atoms with van der Waals surface area (Å²) >= 11 is 0. The number of hydrogen-bond donors (Lipinski definition) is 1. The summed E-state index contributed by atoms with van der Waals surface area (Å²) < 4.78 is 35.1. The molecule has 0 aliphatic rings. The number of carbonyl (C=O) groups is 1. The van der Waals surface area contributed by atoms with Crippen LogP contribution in [0.3, 0.4) is 0 Å². The predicted octanol–water partition coefficient (Wildman–Crippen LogP) is 1.79. The lowest BCUT2D eigenvalue weighted by Crippen LogP contribution is -2.14. The van der Waals surface area contributed by atoms with E-state index in [-0.39, 0.29) is 18.2 Å². The number of hydrogen-bond acceptors (Lipinski definition) is 5. The zero-order valence-electron chi connectivity index (χ0n) is 9.37. The van der Waals surface area contributed by atoms with Gasteiger partial charge in [-0.1, -0.05) is 0 Å². The molecule has 0 fully saturated rings. The van der Waals surface area contributed by atoms with Gasteiger partial charge in [-0.3, -0.25) is 0 Å². The number of aromatic nitrogens is 1. The molecule has 1 rings (SSSR count). The van der Waals surface area contributed by atoms with E-state index in [4.69, 9.17) is 10.5 Å². The minimum Gasteiger partial charge on any atom is -0.495 e. The van der Waals surface area contributed by atoms with Crippen LogP contribution in [0.15, 0.2) is 6.20 Å². The molecule has 0 amide bonds. The highest BCUT2D eigenvalue weighted by Crippen LogP contribution is 2.34. The smallest absolute Gasteiger partial charge is 0.342 e. The van der Waals surface area contributed by atoms with Gasteiger partial charge in [-0.25, -0.2) is 18.6 Å². The molecule has 5 nitrogen and oxygen atoms in total. The maximum absolute atomic E-state index is 12.9. The molecule has 1 aromatic rings. The van der Waals surface area contributed by atoms with Crippen molar-refractivity contribution >= 4 is 11.8 Å². The van der Waals surface area contributed by atoms with Crippen LogP contribution in [0.1, 0.15) is 29.3 Å². The predicted molar refractivity (Wildman–Crippen MR) is 56.1 cm³/mol. The fourth-order valence-electron chi connectivity index (χ4n) is 1.32. The SMILES string of the molecule is CCOC(=O)c1c(N)ncc(OC)c1C(F)F. The molecule has 0 aliphatic heterocycles. The first kappa shape index (κ1) is 13.1. The largest absolute Gasteiger partial charge is 0.495 e. The summed E-state index contributed by atoms with van der Waals surface area (Å²) in [7, 11) is 1.20. The Balaban J connectivity index is 3.38. The summed E-state index contributed by atoms with van der Waals surface area (Å²) in [6.07, 6.45) is -1.87. The highest BCUT2D eigenvalue weighted by molar-refractivity contribution is 5.96. The second-order valence-corrected chi connectivity index (χ2v) is 3.02. The highest BCUT2D eigenvalue weighted by Gasteiger charge is 2.27. The van der Waals surface area contributed by atoms with Crippen molar-refractivity contribution in [3.05, 3.63) is 17.3 Å². The van der Waals surface area contributed by atoms with Gasteiger partial charge in [0, 0.05) is 0 Å². The number of methoxy groups -OCH3 is 1. The minimum atomic E-state index is -2.91. The number of alkyl halides is 2. The molecule has 0 saturated carbocycles. The summed E-state index contributed by atoms with van der Waals surface area (Å²) in [5.74, 6) is -1.44. The fraction of sp³-hybridized carbons (Fsp3) is 0.400. The van der Waals surface area contributed by atoms with E-state index < -0.39 is 23.5 Å². The summed E-state index contributed by atoms with van der Waals surface area (Å²) in [4.78, 5) is 15.1. The van der Waals surface area contributed by atoms with Crippen LogP contribution in [0, 0.1) is 0 Å². The fourth-order valence-corrected chi connectivity index (χ4v) is 1.32. The van der Waals surface area contributed by atoms with Crippen molar-refractivity contribution in [3.63, 3.8) is 0 Å². The van der Waals surface area contributed by atoms with E-state index in [0.717, 1.165) is 6.20 Å². The number of rotatable bonds is 4. The Kier molecular flexibility index (Phi) is 4.19. The number of nitrogens with zero attached hydrogens (tertiary/aromatic N) is 1. The molecule has 0 radical (unpaired) electrons. The first-order valence-corrected chi connectivity index (χ1v) is 4.80. The average Bonchev–Trinajstić information content (AvgIpc) is 2.28. The van der Waals surface area contributed by atoms with Crippen LogP contribution >= 0.6 is 0 Å². The Hall–Kier alpha value is -1.92. The van der Waals surface area contributed by atoms with E-state index in [2.05, 4.69) is 9.72 Å². The second-order valence-electron chi connectivity index (χ2n) is 3.02. The van der Waals surface area contributed by atoms with Gasteiger partial charge < -0.3 is 15.2 Å². The Morgan fingerprint density at radius 2 is 2.24 bits per heavy atom. The monoisotopic (exact) mass is 246 g/mol. The quantitative estimate of drug-likeness (QED) is 0.820. The molecule has 0 aromatic carbocycles. The van der Waals surface area contributed by atoms with Crippen LogP contribution in [0.2, 0.25) is 0 Å². The molecule has 0 unspecified atom stereocenters. The third-order valence-electron chi connectivity index (χ3n) is 2.03. The average molecular weight is 246 g/mol. The van der Waals surface area contributed by atoms with E-state index in [1.165, 1.54) is 7.11 Å². The Morgan fingerprint density at radius 1 is 1.59 bits per heavy atom. The zero-order chi connectivity index (χ0) is 13.0. The zero-order valence-corrected chi connectivity index (χ0v) is 9.37. The molecule has 0 bridgehead atoms. The van der Waals surface area contributed by atoms with Crippen molar-refractivity contribution in [2.24, 2.45) is 0 Å². The molecule has 2 N–H and O–H groups in total. The summed E-state index contributed by atoms with van der Waals surface area (Å²) in [6, 6.07) is 0. The lowest BCUT2D eigenvalue weighted by molar-refractivity contribution is 0.0515. The number of ether oxygens (including phenoxy) is 2. The molecular formula is C10H12F2N2O3. The van der Waals surface area contributed by atoms with Gasteiger partial charge in [0.25, 0.3) is 6.43 Å². The molecule has 7 heteroatoms. The molecular weight excluding hydrogens is 234 g/mol. The van der Waals surface area contributed by atoms with Crippen LogP contribution in [0.25, 0.3) is 0 Å². The molecule has 94 valence electrons. The highest BCUT2D eigenvalue weighted by atomic mass is 19.3. The van der Waals surface area contributed by atoms with Crippen molar-refractivity contribution in [2.45, 2.75) is 13.3 Å². The maximum Gasteiger partial charge on any atom is 0.342 e. The normalized spacial score (nSPS) is 10.4. The first-order valence-electron chi connectivity index (χ1n) is 4.80. The number of nitrogen functional groups attached to an aromatic ring is 1. The van der Waals surface area contributed by atoms with Crippen LogP contribution in [0.4, 0.5) is 14.6 Å². The number of pyridine rings is 1. The molecule has 0 spiro atoms. The Labute approximate surface area is 96.5 Å². The van der Waals surface area contributed by atoms with Crippen molar-refractivity contribution in [1.82, 2.24) is 4.98 Å². The molecule has 0 atom stereocenters. The van der Waals surface area contributed by atoms with Gasteiger partial charge in [0.1, 0.15) is 17.1 Å². The van der Waals surface area contributed by atoms with Gasteiger partial charge in [0.15, 0.2) is 0 Å². The Bertz CT molecular complexity index is 424. The van der Waals surface area contributed by atoms with Crippen molar-refractivity contribution in [2.75, 3.05) is 19.5 Å². The van der Waals surface area contributed by atoms with E-state index in [1.54, 1.807) is 6.92 Å². The standard InChI is InChI=1S/C10H12F2N2O3/c1-3-17-10(15)7-6(8(11)12)5(16-2)4-14-9(7)13/h4,8H,3H2,1-2H3,(H2,13,14). The molecule has 1 aromatic heterocycles. The summed E-state index contributed by atoms with van der Waals surface area (Å²) in [5.41, 5.74) is 4.37. The van der Waals surface area contributed by atoms with E-state index >= 15 is 0 Å². The van der Waals surface area contributed by atoms with Crippen LogP contribution < -0.4 is 10.5 Å². The van der Waals surface area contributed by atoms with Gasteiger partial charge in [-0.2, -0.15) is 0 Å². The van der Waals surface area contributed by atoms with E-state index in [1.807, 2.05) is 0 Å².